The fourth-order valence-corrected chi connectivity index (χ4v) is 1.91. The van der Waals surface area contributed by atoms with Crippen LogP contribution in [0.1, 0.15) is 10.4 Å². The molecule has 4 nitrogen and oxygen atoms in total. The lowest BCUT2D eigenvalue weighted by atomic mass is 10.2. The Morgan fingerprint density at radius 1 is 1.25 bits per heavy atom. The minimum atomic E-state index is -0.611. The van der Waals surface area contributed by atoms with Crippen molar-refractivity contribution in [1.82, 2.24) is 4.98 Å². The van der Waals surface area contributed by atoms with Crippen LogP contribution in [0.4, 0.5) is 15.9 Å². The predicted molar refractivity (Wildman–Crippen MR) is 78.2 cm³/mol. The minimum Gasteiger partial charge on any atom is -0.373 e. The van der Waals surface area contributed by atoms with Crippen molar-refractivity contribution in [2.24, 2.45) is 0 Å². The molecule has 7 heteroatoms. The van der Waals surface area contributed by atoms with Crippen LogP contribution in [0.5, 0.6) is 0 Å². The molecular weight excluding hydrogens is 304 g/mol. The van der Waals surface area contributed by atoms with Crippen molar-refractivity contribution in [1.29, 1.82) is 0 Å². The van der Waals surface area contributed by atoms with E-state index in [9.17, 15) is 9.18 Å². The van der Waals surface area contributed by atoms with E-state index in [0.29, 0.717) is 5.82 Å². The topological polar surface area (TPSA) is 54.0 Å². The Morgan fingerprint density at radius 3 is 2.65 bits per heavy atom. The second kappa shape index (κ2) is 6.07. The van der Waals surface area contributed by atoms with Gasteiger partial charge in [0.1, 0.15) is 16.8 Å². The van der Waals surface area contributed by atoms with Crippen LogP contribution >= 0.6 is 23.2 Å². The number of pyridine rings is 1. The summed E-state index contributed by atoms with van der Waals surface area (Å²) in [5, 5.41) is 5.64. The molecule has 0 unspecified atom stereocenters. The third-order valence-corrected chi connectivity index (χ3v) is 2.92. The van der Waals surface area contributed by atoms with E-state index in [1.54, 1.807) is 7.05 Å². The number of carbonyl (C=O) groups is 1. The van der Waals surface area contributed by atoms with E-state index >= 15 is 0 Å². The van der Waals surface area contributed by atoms with Crippen LogP contribution in [-0.4, -0.2) is 17.9 Å². The first-order chi connectivity index (χ1) is 9.49. The van der Waals surface area contributed by atoms with E-state index in [1.165, 1.54) is 24.3 Å². The molecule has 0 aliphatic rings. The smallest absolute Gasteiger partial charge is 0.255 e. The first kappa shape index (κ1) is 14.6. The van der Waals surface area contributed by atoms with Crippen molar-refractivity contribution in [2.75, 3.05) is 17.7 Å². The molecule has 1 aromatic carbocycles. The second-order valence-electron chi connectivity index (χ2n) is 3.89. The highest BCUT2D eigenvalue weighted by atomic mass is 35.5. The molecule has 0 saturated heterocycles. The normalized spacial score (nSPS) is 10.2. The third kappa shape index (κ3) is 3.37. The standard InChI is InChI=1S/C13H10Cl2FN3O/c1-17-12-5-7(4-11(15)19-12)13(20)18-10-3-2-8(14)6-9(10)16/h2-6H,1H3,(H,17,19)(H,18,20). The molecule has 0 aliphatic carbocycles. The number of hydrogen-bond acceptors (Lipinski definition) is 3. The Bertz CT molecular complexity index is 664. The van der Waals surface area contributed by atoms with Gasteiger partial charge in [-0.3, -0.25) is 4.79 Å². The van der Waals surface area contributed by atoms with Crippen molar-refractivity contribution in [3.63, 3.8) is 0 Å². The van der Waals surface area contributed by atoms with Crippen molar-refractivity contribution in [3.05, 3.63) is 51.9 Å². The van der Waals surface area contributed by atoms with Crippen molar-refractivity contribution < 1.29 is 9.18 Å². The van der Waals surface area contributed by atoms with Gasteiger partial charge in [0.25, 0.3) is 5.91 Å². The second-order valence-corrected chi connectivity index (χ2v) is 4.72. The van der Waals surface area contributed by atoms with Gasteiger partial charge in [0.15, 0.2) is 0 Å². The summed E-state index contributed by atoms with van der Waals surface area (Å²) < 4.78 is 13.6. The van der Waals surface area contributed by atoms with E-state index in [1.807, 2.05) is 0 Å². The molecule has 1 aromatic heterocycles. The maximum Gasteiger partial charge on any atom is 0.255 e. The zero-order valence-corrected chi connectivity index (χ0v) is 11.9. The molecule has 1 heterocycles. The number of carbonyl (C=O) groups excluding carboxylic acids is 1. The number of anilines is 2. The summed E-state index contributed by atoms with van der Waals surface area (Å²) in [6.07, 6.45) is 0. The molecule has 0 aliphatic heterocycles. The number of benzene rings is 1. The van der Waals surface area contributed by atoms with Gasteiger partial charge in [-0.2, -0.15) is 0 Å². The Kier molecular flexibility index (Phi) is 4.42. The lowest BCUT2D eigenvalue weighted by molar-refractivity contribution is 0.102. The summed E-state index contributed by atoms with van der Waals surface area (Å²) in [5.41, 5.74) is 0.307. The summed E-state index contributed by atoms with van der Waals surface area (Å²) in [7, 11) is 1.65. The Labute approximate surface area is 124 Å². The number of amides is 1. The van der Waals surface area contributed by atoms with Gasteiger partial charge in [0.05, 0.1) is 5.69 Å². The van der Waals surface area contributed by atoms with Gasteiger partial charge in [-0.05, 0) is 30.3 Å². The number of rotatable bonds is 3. The summed E-state index contributed by atoms with van der Waals surface area (Å²) in [6.45, 7) is 0. The van der Waals surface area contributed by atoms with E-state index in [0.717, 1.165) is 6.07 Å². The monoisotopic (exact) mass is 313 g/mol. The van der Waals surface area contributed by atoms with Gasteiger partial charge in [-0.15, -0.1) is 0 Å². The third-order valence-electron chi connectivity index (χ3n) is 2.49. The molecule has 104 valence electrons. The summed E-state index contributed by atoms with van der Waals surface area (Å²) in [6, 6.07) is 6.90. The molecule has 0 atom stereocenters. The highest BCUT2D eigenvalue weighted by Crippen LogP contribution is 2.21. The van der Waals surface area contributed by atoms with E-state index in [2.05, 4.69) is 15.6 Å². The molecular formula is C13H10Cl2FN3O. The quantitative estimate of drug-likeness (QED) is 0.847. The maximum atomic E-state index is 13.6. The molecule has 20 heavy (non-hydrogen) atoms. The van der Waals surface area contributed by atoms with E-state index in [4.69, 9.17) is 23.2 Å². The molecule has 0 fully saturated rings. The van der Waals surface area contributed by atoms with Gasteiger partial charge < -0.3 is 10.6 Å². The summed E-state index contributed by atoms with van der Waals surface area (Å²) >= 11 is 11.4. The van der Waals surface area contributed by atoms with Crippen LogP contribution in [0, 0.1) is 5.82 Å². The summed E-state index contributed by atoms with van der Waals surface area (Å²) in [4.78, 5) is 16.0. The minimum absolute atomic E-state index is 0.0401. The Hall–Kier alpha value is -1.85. The van der Waals surface area contributed by atoms with Crippen molar-refractivity contribution in [2.45, 2.75) is 0 Å². The number of hydrogen-bond donors (Lipinski definition) is 2. The van der Waals surface area contributed by atoms with Crippen LogP contribution in [0.25, 0.3) is 0 Å². The Balaban J connectivity index is 2.26. The highest BCUT2D eigenvalue weighted by molar-refractivity contribution is 6.30. The van der Waals surface area contributed by atoms with Gasteiger partial charge in [-0.25, -0.2) is 9.37 Å². The number of nitrogens with one attached hydrogen (secondary N) is 2. The molecule has 0 saturated carbocycles. The Morgan fingerprint density at radius 2 is 2.00 bits per heavy atom. The number of aromatic nitrogens is 1. The van der Waals surface area contributed by atoms with Crippen LogP contribution in [0.15, 0.2) is 30.3 Å². The average Bonchev–Trinajstić information content (AvgIpc) is 2.41. The lowest BCUT2D eigenvalue weighted by Crippen LogP contribution is -2.13. The van der Waals surface area contributed by atoms with Crippen LogP contribution in [-0.2, 0) is 0 Å². The van der Waals surface area contributed by atoms with Crippen molar-refractivity contribution >= 4 is 40.6 Å². The molecule has 2 rings (SSSR count). The van der Waals surface area contributed by atoms with E-state index < -0.39 is 11.7 Å². The fraction of sp³-hybridized carbons (Fsp3) is 0.0769. The maximum absolute atomic E-state index is 13.6. The average molecular weight is 314 g/mol. The number of halogens is 3. The van der Waals surface area contributed by atoms with Gasteiger partial charge in [0, 0.05) is 17.6 Å². The molecule has 0 radical (unpaired) electrons. The molecule has 2 aromatic rings. The lowest BCUT2D eigenvalue weighted by Gasteiger charge is -2.08. The highest BCUT2D eigenvalue weighted by Gasteiger charge is 2.12. The SMILES string of the molecule is CNc1cc(C(=O)Nc2ccc(Cl)cc2F)cc(Cl)n1. The van der Waals surface area contributed by atoms with Gasteiger partial charge >= 0.3 is 0 Å². The largest absolute Gasteiger partial charge is 0.373 e. The van der Waals surface area contributed by atoms with Crippen LogP contribution < -0.4 is 10.6 Å². The predicted octanol–water partition coefficient (Wildman–Crippen LogP) is 3.82. The molecule has 0 spiro atoms. The fourth-order valence-electron chi connectivity index (χ4n) is 1.54. The zero-order valence-electron chi connectivity index (χ0n) is 10.4. The zero-order chi connectivity index (χ0) is 14.7. The first-order valence-corrected chi connectivity index (χ1v) is 6.37. The van der Waals surface area contributed by atoms with Gasteiger partial charge in [-0.1, -0.05) is 23.2 Å². The molecule has 0 bridgehead atoms. The van der Waals surface area contributed by atoms with Gasteiger partial charge in [0.2, 0.25) is 0 Å². The van der Waals surface area contributed by atoms with Crippen molar-refractivity contribution in [3.8, 4) is 0 Å². The van der Waals surface area contributed by atoms with Crippen LogP contribution in [0.3, 0.4) is 0 Å². The van der Waals surface area contributed by atoms with Crippen LogP contribution in [0.2, 0.25) is 10.2 Å². The number of nitrogens with zero attached hydrogens (tertiary/aromatic N) is 1. The first-order valence-electron chi connectivity index (χ1n) is 5.61. The molecule has 1 amide bonds. The van der Waals surface area contributed by atoms with E-state index in [-0.39, 0.29) is 21.4 Å². The molecule has 2 N–H and O–H groups in total. The summed E-state index contributed by atoms with van der Waals surface area (Å²) in [5.74, 6) is -0.661.